The van der Waals surface area contributed by atoms with Gasteiger partial charge in [-0.1, -0.05) is 67.9 Å². The Balaban J connectivity index is 0.00000107. The summed E-state index contributed by atoms with van der Waals surface area (Å²) in [6, 6.07) is 21.6. The molecule has 0 aromatic heterocycles. The lowest BCUT2D eigenvalue weighted by atomic mass is 9.83. The van der Waals surface area contributed by atoms with Crippen molar-refractivity contribution in [1.29, 1.82) is 5.26 Å². The second kappa shape index (κ2) is 14.5. The van der Waals surface area contributed by atoms with Crippen molar-refractivity contribution in [2.45, 2.75) is 69.0 Å². The van der Waals surface area contributed by atoms with E-state index in [4.69, 9.17) is 28.5 Å². The van der Waals surface area contributed by atoms with Crippen LogP contribution in [0.25, 0.3) is 0 Å². The Bertz CT molecular complexity index is 760. The molecule has 2 atom stereocenters. The van der Waals surface area contributed by atoms with Crippen LogP contribution < -0.4 is 0 Å². The fraction of sp³-hybridized carbons (Fsp3) is 0.519. The van der Waals surface area contributed by atoms with Crippen molar-refractivity contribution in [3.05, 3.63) is 71.3 Å². The summed E-state index contributed by atoms with van der Waals surface area (Å²) in [6.07, 6.45) is 6.75. The highest BCUT2D eigenvalue weighted by atomic mass is 35.5. The maximum Gasteiger partial charge on any atom is 0.0587 e. The van der Waals surface area contributed by atoms with Crippen LogP contribution in [0.2, 0.25) is 0 Å². The molecule has 1 saturated carbocycles. The van der Waals surface area contributed by atoms with Crippen LogP contribution in [-0.4, -0.2) is 35.3 Å². The van der Waals surface area contributed by atoms with E-state index in [1.165, 1.54) is 30.0 Å². The van der Waals surface area contributed by atoms with Gasteiger partial charge in [0.25, 0.3) is 0 Å². The molecule has 2 unspecified atom stereocenters. The zero-order chi connectivity index (χ0) is 22.5. The third kappa shape index (κ3) is 8.85. The summed E-state index contributed by atoms with van der Waals surface area (Å²) >= 11 is 13.1. The SMILES string of the molecule is CC#N.CCN(CCCc1ccc(C2C(Cl)CCCC2Cl)cc1)CCc1ccccc1. The number of aryl methyl sites for hydroxylation is 1. The molecule has 2 aromatic rings. The van der Waals surface area contributed by atoms with E-state index in [1.807, 2.05) is 0 Å². The highest BCUT2D eigenvalue weighted by Gasteiger charge is 2.31. The summed E-state index contributed by atoms with van der Waals surface area (Å²) < 4.78 is 0. The summed E-state index contributed by atoms with van der Waals surface area (Å²) in [4.78, 5) is 2.56. The summed E-state index contributed by atoms with van der Waals surface area (Å²) in [5, 5.41) is 7.66. The number of nitrogens with zero attached hydrogens (tertiary/aromatic N) is 2. The van der Waals surface area contributed by atoms with Crippen LogP contribution in [0, 0.1) is 11.3 Å². The Labute approximate surface area is 199 Å². The smallest absolute Gasteiger partial charge is 0.0587 e. The van der Waals surface area contributed by atoms with E-state index in [1.54, 1.807) is 6.07 Å². The Morgan fingerprint density at radius 3 is 2.06 bits per heavy atom. The van der Waals surface area contributed by atoms with Gasteiger partial charge < -0.3 is 4.90 Å². The van der Waals surface area contributed by atoms with Crippen LogP contribution in [0.1, 0.15) is 62.1 Å². The van der Waals surface area contributed by atoms with Gasteiger partial charge in [-0.2, -0.15) is 5.26 Å². The fourth-order valence-corrected chi connectivity index (χ4v) is 5.31. The van der Waals surface area contributed by atoms with Crippen LogP contribution >= 0.6 is 23.2 Å². The van der Waals surface area contributed by atoms with Crippen molar-refractivity contribution >= 4 is 23.2 Å². The molecule has 0 saturated heterocycles. The van der Waals surface area contributed by atoms with Gasteiger partial charge in [0.2, 0.25) is 0 Å². The molecule has 2 aromatic carbocycles. The fourth-order valence-electron chi connectivity index (χ4n) is 4.28. The van der Waals surface area contributed by atoms with Gasteiger partial charge in [0.05, 0.1) is 6.07 Å². The number of likely N-dealkylation sites (N-methyl/N-ethyl adjacent to an activating group) is 1. The standard InChI is InChI=1S/C25H33Cl2N.C2H3N/c1-2-28(19-17-20-8-4-3-5-9-20)18-7-10-21-13-15-22(16-14-21)25-23(26)11-6-12-24(25)27;1-2-3/h3-5,8-9,13-16,23-25H,2,6-7,10-12,17-19H2,1H3;1H3. The normalized spacial score (nSPS) is 20.6. The van der Waals surface area contributed by atoms with E-state index in [0.29, 0.717) is 5.92 Å². The van der Waals surface area contributed by atoms with Crippen LogP contribution in [0.4, 0.5) is 0 Å². The third-order valence-corrected chi connectivity index (χ3v) is 7.03. The van der Waals surface area contributed by atoms with Gasteiger partial charge in [-0.3, -0.25) is 0 Å². The van der Waals surface area contributed by atoms with Gasteiger partial charge in [-0.15, -0.1) is 23.2 Å². The van der Waals surface area contributed by atoms with Crippen molar-refractivity contribution in [2.24, 2.45) is 0 Å². The predicted octanol–water partition coefficient (Wildman–Crippen LogP) is 7.20. The lowest BCUT2D eigenvalue weighted by molar-refractivity contribution is 0.288. The number of hydrogen-bond donors (Lipinski definition) is 0. The predicted molar refractivity (Wildman–Crippen MR) is 134 cm³/mol. The lowest BCUT2D eigenvalue weighted by Gasteiger charge is -2.32. The highest BCUT2D eigenvalue weighted by Crippen LogP contribution is 2.39. The van der Waals surface area contributed by atoms with Crippen LogP contribution in [0.5, 0.6) is 0 Å². The summed E-state index contributed by atoms with van der Waals surface area (Å²) in [6.45, 7) is 7.09. The summed E-state index contributed by atoms with van der Waals surface area (Å²) in [5.74, 6) is 0.291. The zero-order valence-corrected chi connectivity index (χ0v) is 20.5. The number of benzene rings is 2. The molecular formula is C27H36Cl2N2. The van der Waals surface area contributed by atoms with Crippen LogP contribution in [0.3, 0.4) is 0 Å². The summed E-state index contributed by atoms with van der Waals surface area (Å²) in [5.41, 5.74) is 4.15. The quantitative estimate of drug-likeness (QED) is 0.371. The monoisotopic (exact) mass is 458 g/mol. The molecule has 0 radical (unpaired) electrons. The minimum atomic E-state index is 0.171. The van der Waals surface area contributed by atoms with Crippen molar-refractivity contribution in [3.63, 3.8) is 0 Å². The average Bonchev–Trinajstić information content (AvgIpc) is 2.78. The molecule has 0 spiro atoms. The number of halogens is 2. The number of hydrogen-bond acceptors (Lipinski definition) is 2. The topological polar surface area (TPSA) is 27.0 Å². The van der Waals surface area contributed by atoms with Gasteiger partial charge in [-0.25, -0.2) is 0 Å². The second-order valence-corrected chi connectivity index (χ2v) is 9.35. The molecule has 0 amide bonds. The van der Waals surface area contributed by atoms with E-state index in [9.17, 15) is 0 Å². The largest absolute Gasteiger partial charge is 0.303 e. The lowest BCUT2D eigenvalue weighted by Crippen LogP contribution is -2.27. The van der Waals surface area contributed by atoms with Crippen molar-refractivity contribution in [2.75, 3.05) is 19.6 Å². The first-order chi connectivity index (χ1) is 15.1. The maximum atomic E-state index is 7.32. The van der Waals surface area contributed by atoms with E-state index >= 15 is 0 Å². The van der Waals surface area contributed by atoms with Gasteiger partial charge in [0.15, 0.2) is 0 Å². The highest BCUT2D eigenvalue weighted by molar-refractivity contribution is 6.24. The molecule has 0 heterocycles. The Hall–Kier alpha value is -1.53. The van der Waals surface area contributed by atoms with Crippen molar-refractivity contribution < 1.29 is 0 Å². The minimum Gasteiger partial charge on any atom is -0.303 e. The van der Waals surface area contributed by atoms with Gasteiger partial charge in [-0.05, 0) is 61.9 Å². The molecule has 3 rings (SSSR count). The Morgan fingerprint density at radius 1 is 0.903 bits per heavy atom. The van der Waals surface area contributed by atoms with E-state index < -0.39 is 0 Å². The molecule has 1 aliphatic rings. The number of alkyl halides is 2. The first-order valence-corrected chi connectivity index (χ1v) is 12.4. The molecule has 0 N–H and O–H groups in total. The van der Waals surface area contributed by atoms with Gasteiger partial charge >= 0.3 is 0 Å². The second-order valence-electron chi connectivity index (χ2n) is 8.23. The third-order valence-electron chi connectivity index (χ3n) is 6.05. The summed E-state index contributed by atoms with van der Waals surface area (Å²) in [7, 11) is 0. The molecule has 1 aliphatic carbocycles. The molecule has 168 valence electrons. The number of nitriles is 1. The first-order valence-electron chi connectivity index (χ1n) is 11.5. The van der Waals surface area contributed by atoms with Crippen LogP contribution in [-0.2, 0) is 12.8 Å². The zero-order valence-electron chi connectivity index (χ0n) is 18.9. The molecule has 2 nitrogen and oxygen atoms in total. The molecule has 4 heteroatoms. The maximum absolute atomic E-state index is 7.32. The molecular weight excluding hydrogens is 423 g/mol. The van der Waals surface area contributed by atoms with E-state index in [0.717, 1.165) is 51.7 Å². The first kappa shape index (κ1) is 25.7. The average molecular weight is 460 g/mol. The molecule has 31 heavy (non-hydrogen) atoms. The van der Waals surface area contributed by atoms with Gasteiger partial charge in [0.1, 0.15) is 0 Å². The number of rotatable bonds is 9. The Kier molecular flexibility index (Phi) is 12.0. The molecule has 0 aliphatic heterocycles. The van der Waals surface area contributed by atoms with E-state index in [-0.39, 0.29) is 10.8 Å². The minimum absolute atomic E-state index is 0.171. The van der Waals surface area contributed by atoms with Crippen molar-refractivity contribution in [3.8, 4) is 6.07 Å². The molecule has 0 bridgehead atoms. The molecule has 1 fully saturated rings. The van der Waals surface area contributed by atoms with Crippen molar-refractivity contribution in [1.82, 2.24) is 4.90 Å². The van der Waals surface area contributed by atoms with E-state index in [2.05, 4.69) is 66.4 Å². The van der Waals surface area contributed by atoms with Crippen LogP contribution in [0.15, 0.2) is 54.6 Å². The Morgan fingerprint density at radius 2 is 1.48 bits per heavy atom. The van der Waals surface area contributed by atoms with Gasteiger partial charge in [0, 0.05) is 30.1 Å².